The molecule has 19 nitrogen and oxygen atoms in total. The number of carbonyl (C=O) groups is 5. The van der Waals surface area contributed by atoms with Crippen molar-refractivity contribution in [3.63, 3.8) is 0 Å². The third-order valence-electron chi connectivity index (χ3n) is 15.8. The van der Waals surface area contributed by atoms with Crippen molar-refractivity contribution in [3.05, 3.63) is 153 Å². The smallest absolute Gasteiger partial charge is 0.358 e. The van der Waals surface area contributed by atoms with Crippen molar-refractivity contribution in [3.8, 4) is 11.5 Å². The molecule has 0 radical (unpaired) electrons. The molecule has 6 aliphatic rings. The van der Waals surface area contributed by atoms with E-state index < -0.39 is 94.2 Å². The number of esters is 1. The maximum Gasteiger partial charge on any atom is 0.358 e. The molecule has 7 N–H and O–H groups in total. The van der Waals surface area contributed by atoms with Gasteiger partial charge in [0.05, 0.1) is 13.7 Å². The van der Waals surface area contributed by atoms with E-state index in [1.807, 2.05) is 79.7 Å². The summed E-state index contributed by atoms with van der Waals surface area (Å²) in [7, 11) is 1.14. The third kappa shape index (κ3) is 9.09. The first kappa shape index (κ1) is 57.4. The van der Waals surface area contributed by atoms with Gasteiger partial charge in [0.1, 0.15) is 46.0 Å². The number of aromatic carboxylic acids is 1. The second-order valence-corrected chi connectivity index (χ2v) is 23.3. The van der Waals surface area contributed by atoms with Gasteiger partial charge in [-0.1, -0.05) is 94.5 Å². The zero-order valence-corrected chi connectivity index (χ0v) is 44.7. The van der Waals surface area contributed by atoms with Crippen molar-refractivity contribution in [2.75, 3.05) is 24.4 Å². The summed E-state index contributed by atoms with van der Waals surface area (Å²) in [5, 5.41) is 35.2. The second-order valence-electron chi connectivity index (χ2n) is 23.3. The zero-order chi connectivity index (χ0) is 56.4. The summed E-state index contributed by atoms with van der Waals surface area (Å²) in [4.78, 5) is 74.4. The molecule has 2 aromatic heterocycles. The van der Waals surface area contributed by atoms with Crippen LogP contribution in [0.3, 0.4) is 0 Å². The Morgan fingerprint density at radius 3 is 1.52 bits per heavy atom. The standard InChI is InChI=1S/C31H33FN4O7.C27H26FN3O5.2CH4/c1-14-10-15-6-9-21-18(11-15)31(17-12-16(32)7-8-19(17)34-29(31)42-21)24-22(26(39)33-20(13-37)28(40)41-5)35-27(43-24)23(30(2,3)4)36-25(14)38;1-12-9-13-5-8-18-16(10-13)27(15-11-14(28)6-7-17(15)29-25(27)35-18)21-19(24(33)34)30-23(36-21)20(26(2,3)4)31-22(12)32;;/h6-9,11-12,14,20,23,29,34,37H,10,13H2,1-5H3,(H,33,39)(H,36,38);5-8,10-12,20,25,29H,9H2,1-4H3,(H,31,32)(H,33,34);2*1H4/t14-,20-,23+,29+,31-;12-,20+,25+,27-;;/m00../s1. The van der Waals surface area contributed by atoms with Crippen LogP contribution in [-0.4, -0.2) is 82.1 Å². The number of halogens is 2. The number of carboxylic acids is 1. The van der Waals surface area contributed by atoms with Gasteiger partial charge in [0.15, 0.2) is 41.4 Å². The van der Waals surface area contributed by atoms with Crippen molar-refractivity contribution in [1.29, 1.82) is 0 Å². The quantitative estimate of drug-likeness (QED) is 0.0797. The first-order chi connectivity index (χ1) is 37.4. The first-order valence-electron chi connectivity index (χ1n) is 26.0. The minimum Gasteiger partial charge on any atom is -0.476 e. The SMILES string of the molecule is C.C.COC(=O)[C@H](CO)NC(=O)c1nc2oc1[C@@]13c4cc(F)ccc4N[C@@H]1Oc1ccc(cc13)C[C@H](C)C(=O)N[C@H]2C(C)(C)C.C[C@H]1Cc2ccc3c(c2)[C@@]2(c4cc(F)ccc4N[C@@H]2O3)c2oc(nc2C(=O)O)[C@H](C(C)(C)C)NC1=O. The van der Waals surface area contributed by atoms with Crippen LogP contribution >= 0.6 is 0 Å². The molecule has 6 aliphatic heterocycles. The Morgan fingerprint density at radius 1 is 0.679 bits per heavy atom. The summed E-state index contributed by atoms with van der Waals surface area (Å²) < 4.78 is 59.9. The van der Waals surface area contributed by atoms with Crippen LogP contribution in [0.15, 0.2) is 81.6 Å². The van der Waals surface area contributed by atoms with Gasteiger partial charge in [0, 0.05) is 45.5 Å². The Morgan fingerprint density at radius 2 is 1.11 bits per heavy atom. The first-order valence-corrected chi connectivity index (χ1v) is 26.0. The average molecular weight is 1120 g/mol. The van der Waals surface area contributed by atoms with Gasteiger partial charge >= 0.3 is 11.9 Å². The number of hydrogen-bond acceptors (Lipinski definition) is 15. The molecule has 0 aliphatic carbocycles. The molecule has 21 heteroatoms. The van der Waals surface area contributed by atoms with E-state index in [4.69, 9.17) is 23.0 Å². The lowest BCUT2D eigenvalue weighted by Gasteiger charge is -2.31. The fourth-order valence-corrected chi connectivity index (χ4v) is 11.8. The monoisotopic (exact) mass is 1120 g/mol. The summed E-state index contributed by atoms with van der Waals surface area (Å²) in [5.41, 5.74) is 0.791. The topological polar surface area (TPSA) is 266 Å². The maximum absolute atomic E-state index is 15.0. The van der Waals surface area contributed by atoms with Crippen molar-refractivity contribution < 1.29 is 66.0 Å². The number of nitrogens with one attached hydrogen (secondary N) is 5. The molecule has 8 heterocycles. The van der Waals surface area contributed by atoms with Gasteiger partial charge in [-0.05, 0) is 83.3 Å². The number of ether oxygens (including phenoxy) is 3. The molecule has 428 valence electrons. The van der Waals surface area contributed by atoms with Gasteiger partial charge in [0.2, 0.25) is 23.6 Å². The third-order valence-corrected chi connectivity index (χ3v) is 15.8. The van der Waals surface area contributed by atoms with Gasteiger partial charge < -0.3 is 59.8 Å². The minimum absolute atomic E-state index is 0. The fraction of sp³-hybridized carbons (Fsp3) is 0.417. The number of fused-ring (bicyclic) bond motifs is 8. The molecular weight excluding hydrogens is 1050 g/mol. The van der Waals surface area contributed by atoms with Crippen molar-refractivity contribution in [2.24, 2.45) is 22.7 Å². The number of rotatable bonds is 5. The van der Waals surface area contributed by atoms with Crippen LogP contribution in [0, 0.1) is 34.3 Å². The summed E-state index contributed by atoms with van der Waals surface area (Å²) in [5.74, 6) is -3.93. The average Bonchev–Trinajstić information content (AvgIpc) is 4.38. The number of amides is 3. The fourth-order valence-electron chi connectivity index (χ4n) is 11.8. The van der Waals surface area contributed by atoms with Gasteiger partial charge in [0.25, 0.3) is 5.91 Å². The van der Waals surface area contributed by atoms with Gasteiger partial charge in [-0.2, -0.15) is 0 Å². The highest BCUT2D eigenvalue weighted by Crippen LogP contribution is 2.61. The van der Waals surface area contributed by atoms with Gasteiger partial charge in [-0.15, -0.1) is 0 Å². The highest BCUT2D eigenvalue weighted by atomic mass is 19.1. The number of anilines is 2. The van der Waals surface area contributed by atoms with E-state index in [2.05, 4.69) is 36.6 Å². The summed E-state index contributed by atoms with van der Waals surface area (Å²) in [6, 6.07) is 16.9. The molecule has 6 aromatic rings. The number of aliphatic hydroxyl groups is 1. The Balaban J connectivity index is 0.000000194. The molecule has 4 aromatic carbocycles. The van der Waals surface area contributed by atoms with Crippen LogP contribution in [0.1, 0.15) is 160 Å². The molecule has 3 amide bonds. The van der Waals surface area contributed by atoms with E-state index in [9.17, 15) is 43.0 Å². The number of carboxylic acid groups (broad SMARTS) is 1. The number of oxazole rings is 2. The highest BCUT2D eigenvalue weighted by Gasteiger charge is 2.63. The van der Waals surface area contributed by atoms with E-state index in [0.717, 1.165) is 18.2 Å². The highest BCUT2D eigenvalue weighted by molar-refractivity contribution is 5.97. The Bertz CT molecular complexity index is 3550. The molecule has 0 unspecified atom stereocenters. The minimum atomic E-state index is -1.38. The number of methoxy groups -OCH3 is 1. The van der Waals surface area contributed by atoms with Crippen molar-refractivity contribution >= 4 is 41.0 Å². The lowest BCUT2D eigenvalue weighted by Crippen LogP contribution is -2.46. The van der Waals surface area contributed by atoms with E-state index >= 15 is 0 Å². The van der Waals surface area contributed by atoms with Crippen molar-refractivity contribution in [1.82, 2.24) is 25.9 Å². The lowest BCUT2D eigenvalue weighted by atomic mass is 9.72. The summed E-state index contributed by atoms with van der Waals surface area (Å²) >= 11 is 0. The van der Waals surface area contributed by atoms with Gasteiger partial charge in [-0.3, -0.25) is 14.4 Å². The molecule has 9 atom stereocenters. The van der Waals surface area contributed by atoms with Crippen LogP contribution in [0.4, 0.5) is 20.2 Å². The number of benzene rings is 4. The molecular formula is C60H67F2N7O12. The van der Waals surface area contributed by atoms with Crippen LogP contribution in [-0.2, 0) is 42.8 Å². The van der Waals surface area contributed by atoms with Gasteiger partial charge in [-0.25, -0.2) is 28.3 Å². The number of carbonyl (C=O) groups excluding carboxylic acids is 4. The van der Waals surface area contributed by atoms with E-state index in [-0.39, 0.29) is 67.3 Å². The molecule has 2 spiro atoms. The van der Waals surface area contributed by atoms with Crippen LogP contribution in [0.2, 0.25) is 0 Å². The van der Waals surface area contributed by atoms with Crippen LogP contribution in [0.25, 0.3) is 0 Å². The number of aromatic nitrogens is 2. The Hall–Kier alpha value is -8.33. The van der Waals surface area contributed by atoms with E-state index in [1.54, 1.807) is 24.3 Å². The molecule has 12 rings (SSSR count). The van der Waals surface area contributed by atoms with E-state index in [0.29, 0.717) is 58.0 Å². The molecule has 0 saturated carbocycles. The predicted octanol–water partition coefficient (Wildman–Crippen LogP) is 8.61. The largest absolute Gasteiger partial charge is 0.476 e. The van der Waals surface area contributed by atoms with Crippen LogP contribution in [0.5, 0.6) is 11.5 Å². The number of aliphatic hydroxyl groups excluding tert-OH is 1. The predicted molar refractivity (Wildman–Crippen MR) is 292 cm³/mol. The summed E-state index contributed by atoms with van der Waals surface area (Å²) in [6.45, 7) is 14.4. The van der Waals surface area contributed by atoms with Crippen molar-refractivity contribution in [2.45, 2.75) is 124 Å². The maximum atomic E-state index is 15.0. The lowest BCUT2D eigenvalue weighted by molar-refractivity contribution is -0.143. The second kappa shape index (κ2) is 20.3. The zero-order valence-electron chi connectivity index (χ0n) is 44.7. The molecule has 0 fully saturated rings. The Kier molecular flexibility index (Phi) is 14.4. The molecule has 0 saturated heterocycles. The Labute approximate surface area is 466 Å². The summed E-state index contributed by atoms with van der Waals surface area (Å²) in [6.07, 6.45) is -0.754. The normalized spacial score (nSPS) is 24.4. The number of hydrogen-bond donors (Lipinski definition) is 7. The molecule has 81 heavy (non-hydrogen) atoms. The molecule has 8 bridgehead atoms. The van der Waals surface area contributed by atoms with Crippen LogP contribution < -0.4 is 36.1 Å². The number of nitrogens with zero attached hydrogens (tertiary/aromatic N) is 2. The van der Waals surface area contributed by atoms with E-state index in [1.165, 1.54) is 24.3 Å².